The van der Waals surface area contributed by atoms with Crippen LogP contribution in [0.25, 0.3) is 21.9 Å². The maximum atomic E-state index is 13.3. The molecule has 0 aliphatic rings. The number of aryl methyl sites for hydroxylation is 2. The molecule has 4 rings (SSSR count). The first kappa shape index (κ1) is 18.3. The van der Waals surface area contributed by atoms with Gasteiger partial charge < -0.3 is 10.3 Å². The maximum Gasteiger partial charge on any atom is 0.264 e. The lowest BCUT2D eigenvalue weighted by Crippen LogP contribution is -2.19. The zero-order chi connectivity index (χ0) is 19.9. The Morgan fingerprint density at radius 2 is 2.00 bits per heavy atom. The minimum Gasteiger partial charge on any atom is -0.369 e. The Morgan fingerprint density at radius 1 is 1.18 bits per heavy atom. The number of nitrogens with one attached hydrogen (secondary N) is 2. The lowest BCUT2D eigenvalue weighted by atomic mass is 10.1. The summed E-state index contributed by atoms with van der Waals surface area (Å²) in [7, 11) is 0. The number of hydrogen-bond acceptors (Lipinski definition) is 4. The molecule has 0 saturated carbocycles. The molecule has 0 radical (unpaired) electrons. The molecule has 0 fully saturated rings. The average Bonchev–Trinajstić information content (AvgIpc) is 3.14. The second kappa shape index (κ2) is 6.85. The number of fused-ring (bicyclic) bond motifs is 2. The smallest absolute Gasteiger partial charge is 0.264 e. The Labute approximate surface area is 161 Å². The first-order valence-corrected chi connectivity index (χ1v) is 9.18. The Balaban J connectivity index is 1.53. The van der Waals surface area contributed by atoms with Crippen LogP contribution in [0.2, 0.25) is 0 Å². The van der Waals surface area contributed by atoms with Crippen LogP contribution in [-0.4, -0.2) is 37.2 Å². The number of benzene rings is 1. The number of H-pyrrole nitrogens is 1. The highest BCUT2D eigenvalue weighted by Gasteiger charge is 2.23. The van der Waals surface area contributed by atoms with Crippen LogP contribution in [0.1, 0.15) is 23.7 Å². The molecule has 3 heterocycles. The standard InChI is InChI=1S/C20H22F2N6/c1-12-4-5-17-15(8-12)14(13(2)26-17)6-7-23-18-16-9-28(10-20(3,21)22)27-19(16)25-11-24-18/h4-5,8-9,11,26H,6-7,10H2,1-3H3,(H,23,24,25,27). The fraction of sp³-hybridized carbons (Fsp3) is 0.350. The molecule has 0 unspecified atom stereocenters. The lowest BCUT2D eigenvalue weighted by molar-refractivity contribution is 0.000775. The van der Waals surface area contributed by atoms with Crippen molar-refractivity contribution < 1.29 is 8.78 Å². The summed E-state index contributed by atoms with van der Waals surface area (Å²) in [5.74, 6) is -2.24. The summed E-state index contributed by atoms with van der Waals surface area (Å²) in [6, 6.07) is 6.38. The second-order valence-electron chi connectivity index (χ2n) is 7.31. The van der Waals surface area contributed by atoms with Crippen molar-refractivity contribution in [2.45, 2.75) is 39.7 Å². The van der Waals surface area contributed by atoms with Crippen LogP contribution in [0.3, 0.4) is 0 Å². The van der Waals surface area contributed by atoms with Crippen molar-refractivity contribution in [3.63, 3.8) is 0 Å². The van der Waals surface area contributed by atoms with Crippen molar-refractivity contribution >= 4 is 27.8 Å². The molecule has 0 bridgehead atoms. The summed E-state index contributed by atoms with van der Waals surface area (Å²) in [5.41, 5.74) is 5.16. The van der Waals surface area contributed by atoms with E-state index in [0.29, 0.717) is 23.4 Å². The summed E-state index contributed by atoms with van der Waals surface area (Å²) in [6.45, 7) is 5.19. The minimum atomic E-state index is -2.84. The highest BCUT2D eigenvalue weighted by molar-refractivity contribution is 5.86. The Morgan fingerprint density at radius 3 is 2.79 bits per heavy atom. The highest BCUT2D eigenvalue weighted by Crippen LogP contribution is 2.25. The van der Waals surface area contributed by atoms with Gasteiger partial charge >= 0.3 is 0 Å². The molecule has 2 N–H and O–H groups in total. The summed E-state index contributed by atoms with van der Waals surface area (Å²) >= 11 is 0. The van der Waals surface area contributed by atoms with E-state index < -0.39 is 12.5 Å². The van der Waals surface area contributed by atoms with Crippen molar-refractivity contribution in [3.05, 3.63) is 47.5 Å². The molecular weight excluding hydrogens is 362 g/mol. The molecule has 3 aromatic heterocycles. The minimum absolute atomic E-state index is 0.403. The van der Waals surface area contributed by atoms with Gasteiger partial charge in [0.15, 0.2) is 5.65 Å². The molecule has 0 aliphatic carbocycles. The SMILES string of the molecule is Cc1ccc2[nH]c(C)c(CCNc3ncnc4nn(CC(C)(F)F)cc34)c2c1. The Hall–Kier alpha value is -3.03. The van der Waals surface area contributed by atoms with Gasteiger partial charge in [0.05, 0.1) is 5.39 Å². The zero-order valence-corrected chi connectivity index (χ0v) is 16.1. The van der Waals surface area contributed by atoms with E-state index in [0.717, 1.165) is 24.6 Å². The average molecular weight is 384 g/mol. The van der Waals surface area contributed by atoms with Crippen LogP contribution in [0.4, 0.5) is 14.6 Å². The highest BCUT2D eigenvalue weighted by atomic mass is 19.3. The van der Waals surface area contributed by atoms with Crippen molar-refractivity contribution in [3.8, 4) is 0 Å². The third-order valence-electron chi connectivity index (χ3n) is 4.75. The van der Waals surface area contributed by atoms with Gasteiger partial charge in [-0.2, -0.15) is 5.10 Å². The number of alkyl halides is 2. The molecule has 0 saturated heterocycles. The molecule has 0 amide bonds. The van der Waals surface area contributed by atoms with Crippen molar-refractivity contribution in [1.82, 2.24) is 24.7 Å². The van der Waals surface area contributed by atoms with Gasteiger partial charge in [-0.3, -0.25) is 4.68 Å². The molecule has 0 aliphatic heterocycles. The van der Waals surface area contributed by atoms with Gasteiger partial charge in [-0.15, -0.1) is 0 Å². The molecule has 146 valence electrons. The zero-order valence-electron chi connectivity index (χ0n) is 16.1. The molecule has 28 heavy (non-hydrogen) atoms. The van der Waals surface area contributed by atoms with Crippen LogP contribution >= 0.6 is 0 Å². The van der Waals surface area contributed by atoms with Crippen molar-refractivity contribution in [2.24, 2.45) is 0 Å². The van der Waals surface area contributed by atoms with E-state index in [1.807, 2.05) is 0 Å². The third-order valence-corrected chi connectivity index (χ3v) is 4.75. The van der Waals surface area contributed by atoms with Crippen molar-refractivity contribution in [1.29, 1.82) is 0 Å². The number of nitrogens with zero attached hydrogens (tertiary/aromatic N) is 4. The fourth-order valence-electron chi connectivity index (χ4n) is 3.52. The summed E-state index contributed by atoms with van der Waals surface area (Å²) in [5, 5.41) is 9.29. The maximum absolute atomic E-state index is 13.3. The van der Waals surface area contributed by atoms with Crippen LogP contribution in [-0.2, 0) is 13.0 Å². The van der Waals surface area contributed by atoms with Gasteiger partial charge in [0.1, 0.15) is 18.7 Å². The third kappa shape index (κ3) is 3.67. The summed E-state index contributed by atoms with van der Waals surface area (Å²) in [4.78, 5) is 11.8. The van der Waals surface area contributed by atoms with Crippen LogP contribution < -0.4 is 5.32 Å². The second-order valence-corrected chi connectivity index (χ2v) is 7.31. The van der Waals surface area contributed by atoms with Crippen LogP contribution in [0.15, 0.2) is 30.7 Å². The number of aromatic nitrogens is 5. The first-order valence-electron chi connectivity index (χ1n) is 9.18. The van der Waals surface area contributed by atoms with E-state index in [2.05, 4.69) is 57.4 Å². The fourth-order valence-corrected chi connectivity index (χ4v) is 3.52. The molecule has 8 heteroatoms. The van der Waals surface area contributed by atoms with Gasteiger partial charge in [0.25, 0.3) is 5.92 Å². The summed E-state index contributed by atoms with van der Waals surface area (Å²) < 4.78 is 27.8. The van der Waals surface area contributed by atoms with E-state index >= 15 is 0 Å². The van der Waals surface area contributed by atoms with E-state index in [4.69, 9.17) is 0 Å². The predicted octanol–water partition coefficient (Wildman–Crippen LogP) is 4.23. The van der Waals surface area contributed by atoms with Gasteiger partial charge in [-0.1, -0.05) is 11.6 Å². The predicted molar refractivity (Wildman–Crippen MR) is 106 cm³/mol. The van der Waals surface area contributed by atoms with Gasteiger partial charge in [-0.25, -0.2) is 18.7 Å². The van der Waals surface area contributed by atoms with Crippen LogP contribution in [0, 0.1) is 13.8 Å². The summed E-state index contributed by atoms with van der Waals surface area (Å²) in [6.07, 6.45) is 3.77. The molecular formula is C20H22F2N6. The molecule has 4 aromatic rings. The lowest BCUT2D eigenvalue weighted by Gasteiger charge is -2.08. The largest absolute Gasteiger partial charge is 0.369 e. The Bertz CT molecular complexity index is 1140. The van der Waals surface area contributed by atoms with E-state index in [-0.39, 0.29) is 0 Å². The molecule has 0 spiro atoms. The van der Waals surface area contributed by atoms with Crippen LogP contribution in [0.5, 0.6) is 0 Å². The first-order chi connectivity index (χ1) is 13.3. The molecule has 0 atom stereocenters. The number of halogens is 2. The number of anilines is 1. The number of rotatable bonds is 6. The monoisotopic (exact) mass is 384 g/mol. The van der Waals surface area contributed by atoms with Gasteiger partial charge in [0, 0.05) is 36.3 Å². The van der Waals surface area contributed by atoms with Gasteiger partial charge in [-0.05, 0) is 38.0 Å². The number of aromatic amines is 1. The quantitative estimate of drug-likeness (QED) is 0.522. The topological polar surface area (TPSA) is 71.4 Å². The normalized spacial score (nSPS) is 12.2. The Kier molecular flexibility index (Phi) is 4.49. The number of hydrogen-bond donors (Lipinski definition) is 2. The molecule has 6 nitrogen and oxygen atoms in total. The van der Waals surface area contributed by atoms with Gasteiger partial charge in [0.2, 0.25) is 0 Å². The van der Waals surface area contributed by atoms with E-state index in [9.17, 15) is 8.78 Å². The van der Waals surface area contributed by atoms with Crippen molar-refractivity contribution in [2.75, 3.05) is 11.9 Å². The van der Waals surface area contributed by atoms with E-state index in [1.54, 1.807) is 6.20 Å². The molecule has 1 aromatic carbocycles. The van der Waals surface area contributed by atoms with E-state index in [1.165, 1.54) is 27.5 Å².